The number of urea groups is 1. The highest BCUT2D eigenvalue weighted by Crippen LogP contribution is 2.34. The molecule has 7 heteroatoms. The molecule has 7 nitrogen and oxygen atoms in total. The molecule has 1 fully saturated rings. The van der Waals surface area contributed by atoms with Crippen LogP contribution < -0.4 is 19.3 Å². The molecule has 2 heterocycles. The highest BCUT2D eigenvalue weighted by molar-refractivity contribution is 6.02. The van der Waals surface area contributed by atoms with Crippen LogP contribution in [0.2, 0.25) is 0 Å². The van der Waals surface area contributed by atoms with Gasteiger partial charge in [0.1, 0.15) is 18.0 Å². The summed E-state index contributed by atoms with van der Waals surface area (Å²) in [7, 11) is 3.15. The van der Waals surface area contributed by atoms with Crippen LogP contribution in [-0.4, -0.2) is 57.2 Å². The van der Waals surface area contributed by atoms with Gasteiger partial charge in [0.25, 0.3) is 0 Å². The van der Waals surface area contributed by atoms with Crippen molar-refractivity contribution in [3.05, 3.63) is 48.0 Å². The standard InChI is InChI=1S/C21H23N3O4/c1-27-16-7-8-19(28-2)18(13-16)24-12-11-22(21(24)26)14-20(25)23-10-9-15-5-3-4-6-17(15)23/h3-8,13H,9-12,14H2,1-2H3. The summed E-state index contributed by atoms with van der Waals surface area (Å²) in [6.45, 7) is 1.70. The van der Waals surface area contributed by atoms with Gasteiger partial charge in [-0.05, 0) is 30.2 Å². The van der Waals surface area contributed by atoms with Gasteiger partial charge in [-0.3, -0.25) is 9.69 Å². The van der Waals surface area contributed by atoms with Crippen molar-refractivity contribution in [3.8, 4) is 11.5 Å². The van der Waals surface area contributed by atoms with Gasteiger partial charge in [-0.1, -0.05) is 18.2 Å². The molecule has 1 saturated heterocycles. The van der Waals surface area contributed by atoms with Crippen LogP contribution in [0.5, 0.6) is 11.5 Å². The molecule has 146 valence electrons. The number of ether oxygens (including phenoxy) is 2. The zero-order chi connectivity index (χ0) is 19.7. The Kier molecular flexibility index (Phi) is 4.81. The Morgan fingerprint density at radius 3 is 2.61 bits per heavy atom. The van der Waals surface area contributed by atoms with Gasteiger partial charge < -0.3 is 19.3 Å². The molecule has 2 aromatic rings. The predicted molar refractivity (Wildman–Crippen MR) is 106 cm³/mol. The number of methoxy groups -OCH3 is 2. The SMILES string of the molecule is COc1ccc(OC)c(N2CCN(CC(=O)N3CCc4ccccc43)C2=O)c1. The van der Waals surface area contributed by atoms with Gasteiger partial charge in [0.15, 0.2) is 0 Å². The number of benzene rings is 2. The van der Waals surface area contributed by atoms with Crippen LogP contribution in [0, 0.1) is 0 Å². The van der Waals surface area contributed by atoms with E-state index >= 15 is 0 Å². The minimum Gasteiger partial charge on any atom is -0.497 e. The summed E-state index contributed by atoms with van der Waals surface area (Å²) in [5.41, 5.74) is 2.77. The molecule has 0 radical (unpaired) electrons. The van der Waals surface area contributed by atoms with Crippen molar-refractivity contribution < 1.29 is 19.1 Å². The smallest absolute Gasteiger partial charge is 0.325 e. The Hall–Kier alpha value is -3.22. The van der Waals surface area contributed by atoms with Crippen molar-refractivity contribution in [2.24, 2.45) is 0 Å². The lowest BCUT2D eigenvalue weighted by Gasteiger charge is -2.23. The molecule has 2 aliphatic rings. The van der Waals surface area contributed by atoms with Crippen LogP contribution in [0.15, 0.2) is 42.5 Å². The van der Waals surface area contributed by atoms with Crippen molar-refractivity contribution in [2.75, 3.05) is 50.2 Å². The molecule has 0 saturated carbocycles. The average molecular weight is 381 g/mol. The first kappa shape index (κ1) is 18.2. The summed E-state index contributed by atoms with van der Waals surface area (Å²) in [4.78, 5) is 30.8. The average Bonchev–Trinajstić information content (AvgIpc) is 3.31. The summed E-state index contributed by atoms with van der Waals surface area (Å²) < 4.78 is 10.7. The minimum absolute atomic E-state index is 0.0576. The van der Waals surface area contributed by atoms with Gasteiger partial charge in [0.2, 0.25) is 5.91 Å². The Bertz CT molecular complexity index is 914. The van der Waals surface area contributed by atoms with Crippen LogP contribution >= 0.6 is 0 Å². The van der Waals surface area contributed by atoms with Gasteiger partial charge in [0, 0.05) is 31.4 Å². The number of para-hydroxylation sites is 1. The molecule has 0 aromatic heterocycles. The maximum absolute atomic E-state index is 13.0. The van der Waals surface area contributed by atoms with E-state index in [0.29, 0.717) is 36.8 Å². The molecule has 0 bridgehead atoms. The quantitative estimate of drug-likeness (QED) is 0.799. The summed E-state index contributed by atoms with van der Waals surface area (Å²) in [5.74, 6) is 1.18. The van der Waals surface area contributed by atoms with Crippen LogP contribution in [-0.2, 0) is 11.2 Å². The lowest BCUT2D eigenvalue weighted by atomic mass is 10.2. The van der Waals surface area contributed by atoms with E-state index in [-0.39, 0.29) is 18.5 Å². The highest BCUT2D eigenvalue weighted by atomic mass is 16.5. The second-order valence-electron chi connectivity index (χ2n) is 6.82. The molecule has 28 heavy (non-hydrogen) atoms. The fourth-order valence-electron chi connectivity index (χ4n) is 3.81. The molecular weight excluding hydrogens is 358 g/mol. The molecule has 3 amide bonds. The number of carbonyl (C=O) groups is 2. The lowest BCUT2D eigenvalue weighted by Crippen LogP contribution is -2.41. The molecule has 0 atom stereocenters. The Morgan fingerprint density at radius 1 is 1.00 bits per heavy atom. The minimum atomic E-state index is -0.201. The fraction of sp³-hybridized carbons (Fsp3) is 0.333. The number of fused-ring (bicyclic) bond motifs is 1. The van der Waals surface area contributed by atoms with Crippen molar-refractivity contribution in [1.29, 1.82) is 0 Å². The topological polar surface area (TPSA) is 62.3 Å². The van der Waals surface area contributed by atoms with Crippen LogP contribution in [0.4, 0.5) is 16.2 Å². The highest BCUT2D eigenvalue weighted by Gasteiger charge is 2.34. The van der Waals surface area contributed by atoms with Gasteiger partial charge in [-0.2, -0.15) is 0 Å². The van der Waals surface area contributed by atoms with E-state index in [2.05, 4.69) is 0 Å². The third kappa shape index (κ3) is 3.13. The lowest BCUT2D eigenvalue weighted by molar-refractivity contribution is -0.118. The maximum atomic E-state index is 13.0. The largest absolute Gasteiger partial charge is 0.497 e. The number of amides is 3. The molecule has 0 unspecified atom stereocenters. The van der Waals surface area contributed by atoms with Crippen molar-refractivity contribution >= 4 is 23.3 Å². The third-order valence-electron chi connectivity index (χ3n) is 5.29. The Balaban J connectivity index is 1.49. The van der Waals surface area contributed by atoms with E-state index in [9.17, 15) is 9.59 Å². The second kappa shape index (κ2) is 7.42. The molecule has 0 aliphatic carbocycles. The van der Waals surface area contributed by atoms with Gasteiger partial charge in [0.05, 0.1) is 19.9 Å². The molecular formula is C21H23N3O4. The van der Waals surface area contributed by atoms with Crippen LogP contribution in [0.25, 0.3) is 0 Å². The third-order valence-corrected chi connectivity index (χ3v) is 5.29. The van der Waals surface area contributed by atoms with Gasteiger partial charge >= 0.3 is 6.03 Å². The first-order valence-electron chi connectivity index (χ1n) is 9.29. The van der Waals surface area contributed by atoms with E-state index in [1.807, 2.05) is 24.3 Å². The van der Waals surface area contributed by atoms with Gasteiger partial charge in [-0.15, -0.1) is 0 Å². The van der Waals surface area contributed by atoms with Gasteiger partial charge in [-0.25, -0.2) is 4.79 Å². The first-order chi connectivity index (χ1) is 13.6. The van der Waals surface area contributed by atoms with E-state index in [1.54, 1.807) is 47.1 Å². The number of hydrogen-bond acceptors (Lipinski definition) is 4. The summed E-state index contributed by atoms with van der Waals surface area (Å²) >= 11 is 0. The van der Waals surface area contributed by atoms with Crippen molar-refractivity contribution in [2.45, 2.75) is 6.42 Å². The number of hydrogen-bond donors (Lipinski definition) is 0. The zero-order valence-corrected chi connectivity index (χ0v) is 16.1. The zero-order valence-electron chi connectivity index (χ0n) is 16.1. The molecule has 0 spiro atoms. The first-order valence-corrected chi connectivity index (χ1v) is 9.29. The molecule has 2 aromatic carbocycles. The normalized spacial score (nSPS) is 15.8. The van der Waals surface area contributed by atoms with Crippen molar-refractivity contribution in [3.63, 3.8) is 0 Å². The molecule has 0 N–H and O–H groups in total. The summed E-state index contributed by atoms with van der Waals surface area (Å²) in [6.07, 6.45) is 0.850. The summed E-state index contributed by atoms with van der Waals surface area (Å²) in [6, 6.07) is 13.1. The van der Waals surface area contributed by atoms with E-state index < -0.39 is 0 Å². The fourth-order valence-corrected chi connectivity index (χ4v) is 3.81. The van der Waals surface area contributed by atoms with E-state index in [0.717, 1.165) is 12.1 Å². The van der Waals surface area contributed by atoms with E-state index in [4.69, 9.17) is 9.47 Å². The van der Waals surface area contributed by atoms with E-state index in [1.165, 1.54) is 5.56 Å². The monoisotopic (exact) mass is 381 g/mol. The number of carbonyl (C=O) groups excluding carboxylic acids is 2. The van der Waals surface area contributed by atoms with Crippen LogP contribution in [0.1, 0.15) is 5.56 Å². The molecule has 4 rings (SSSR count). The number of nitrogens with zero attached hydrogens (tertiary/aromatic N) is 3. The maximum Gasteiger partial charge on any atom is 0.325 e. The number of rotatable bonds is 5. The second-order valence-corrected chi connectivity index (χ2v) is 6.82. The predicted octanol–water partition coefficient (Wildman–Crippen LogP) is 2.54. The van der Waals surface area contributed by atoms with Crippen molar-refractivity contribution in [1.82, 2.24) is 4.90 Å². The Morgan fingerprint density at radius 2 is 1.82 bits per heavy atom. The molecule has 2 aliphatic heterocycles. The summed E-state index contributed by atoms with van der Waals surface area (Å²) in [5, 5.41) is 0. The Labute approximate surface area is 164 Å². The van der Waals surface area contributed by atoms with Crippen LogP contribution in [0.3, 0.4) is 0 Å². The number of anilines is 2.